The Hall–Kier alpha value is -3.45. The number of para-hydroxylation sites is 2. The van der Waals surface area contributed by atoms with Crippen LogP contribution in [0, 0.1) is 20.8 Å². The van der Waals surface area contributed by atoms with Crippen molar-refractivity contribution in [2.75, 3.05) is 11.9 Å². The molecule has 1 N–H and O–H groups in total. The molecule has 0 unspecified atom stereocenters. The number of anilines is 1. The molecule has 0 fully saturated rings. The Morgan fingerprint density at radius 3 is 2.66 bits per heavy atom. The molecule has 0 aliphatic rings. The molecule has 0 aliphatic carbocycles. The molecule has 7 heteroatoms. The lowest BCUT2D eigenvalue weighted by molar-refractivity contribution is -0.116. The van der Waals surface area contributed by atoms with Crippen LogP contribution < -0.4 is 15.6 Å². The summed E-state index contributed by atoms with van der Waals surface area (Å²) in [5.74, 6) is 0.273. The Morgan fingerprint density at radius 2 is 1.91 bits per heavy atom. The van der Waals surface area contributed by atoms with Gasteiger partial charge in [-0.2, -0.15) is 0 Å². The third-order valence-electron chi connectivity index (χ3n) is 5.43. The monoisotopic (exact) mass is 447 g/mol. The van der Waals surface area contributed by atoms with E-state index in [1.165, 1.54) is 27.8 Å². The summed E-state index contributed by atoms with van der Waals surface area (Å²) >= 11 is 1.49. The number of hydrogen-bond donors (Lipinski definition) is 1. The third-order valence-corrected chi connectivity index (χ3v) is 6.44. The van der Waals surface area contributed by atoms with Crippen molar-refractivity contribution < 1.29 is 9.53 Å². The minimum absolute atomic E-state index is 0.135. The molecule has 0 bridgehead atoms. The van der Waals surface area contributed by atoms with E-state index in [2.05, 4.69) is 36.3 Å². The van der Waals surface area contributed by atoms with E-state index in [1.807, 2.05) is 32.0 Å². The van der Waals surface area contributed by atoms with Crippen LogP contribution in [-0.2, 0) is 11.3 Å². The van der Waals surface area contributed by atoms with Crippen LogP contribution in [-0.4, -0.2) is 22.1 Å². The number of carbonyl (C=O) groups excluding carboxylic acids is 1. The Bertz CT molecular complexity index is 1370. The van der Waals surface area contributed by atoms with Crippen molar-refractivity contribution in [1.82, 2.24) is 9.55 Å². The number of aryl methyl sites for hydroxylation is 3. The first kappa shape index (κ1) is 21.8. The topological polar surface area (TPSA) is 73.2 Å². The number of carbonyl (C=O) groups is 1. The van der Waals surface area contributed by atoms with Gasteiger partial charge in [-0.25, -0.2) is 4.98 Å². The van der Waals surface area contributed by atoms with E-state index < -0.39 is 0 Å². The highest BCUT2D eigenvalue weighted by Crippen LogP contribution is 2.36. The largest absolute Gasteiger partial charge is 0.492 e. The van der Waals surface area contributed by atoms with Crippen LogP contribution in [0.15, 0.2) is 53.6 Å². The zero-order valence-corrected chi connectivity index (χ0v) is 19.4. The fourth-order valence-electron chi connectivity index (χ4n) is 3.69. The number of aromatic nitrogens is 2. The Kier molecular flexibility index (Phi) is 6.10. The lowest BCUT2D eigenvalue weighted by atomic mass is 9.99. The Labute approximate surface area is 190 Å². The van der Waals surface area contributed by atoms with Crippen molar-refractivity contribution in [2.24, 2.45) is 0 Å². The van der Waals surface area contributed by atoms with Crippen LogP contribution in [0.25, 0.3) is 21.3 Å². The molecule has 2 aromatic carbocycles. The number of benzene rings is 2. The first-order chi connectivity index (χ1) is 15.4. The maximum atomic E-state index is 13.4. The molecule has 6 nitrogen and oxygen atoms in total. The highest BCUT2D eigenvalue weighted by atomic mass is 32.1. The third kappa shape index (κ3) is 4.16. The van der Waals surface area contributed by atoms with E-state index in [9.17, 15) is 9.59 Å². The molecule has 0 radical (unpaired) electrons. The van der Waals surface area contributed by atoms with Gasteiger partial charge in [0.2, 0.25) is 5.91 Å². The van der Waals surface area contributed by atoms with Crippen LogP contribution in [0.4, 0.5) is 5.69 Å². The molecule has 2 heterocycles. The number of hydrogen-bond acceptors (Lipinski definition) is 5. The minimum Gasteiger partial charge on any atom is -0.492 e. The van der Waals surface area contributed by atoms with Gasteiger partial charge in [-0.1, -0.05) is 30.3 Å². The van der Waals surface area contributed by atoms with Gasteiger partial charge in [0.05, 0.1) is 24.0 Å². The van der Waals surface area contributed by atoms with Crippen molar-refractivity contribution >= 4 is 33.1 Å². The van der Waals surface area contributed by atoms with Gasteiger partial charge in [0, 0.05) is 10.4 Å². The van der Waals surface area contributed by atoms with Gasteiger partial charge in [-0.3, -0.25) is 14.2 Å². The van der Waals surface area contributed by atoms with Gasteiger partial charge in [0.1, 0.15) is 17.1 Å². The summed E-state index contributed by atoms with van der Waals surface area (Å²) < 4.78 is 6.92. The Morgan fingerprint density at radius 1 is 1.12 bits per heavy atom. The molecule has 0 saturated heterocycles. The van der Waals surface area contributed by atoms with Gasteiger partial charge >= 0.3 is 0 Å². The van der Waals surface area contributed by atoms with E-state index in [0.717, 1.165) is 21.6 Å². The average molecular weight is 448 g/mol. The molecule has 0 spiro atoms. The molecule has 164 valence electrons. The van der Waals surface area contributed by atoms with Gasteiger partial charge in [-0.15, -0.1) is 11.3 Å². The summed E-state index contributed by atoms with van der Waals surface area (Å²) in [6.07, 6.45) is 1.44. The normalized spacial score (nSPS) is 11.0. The predicted octanol–water partition coefficient (Wildman–Crippen LogP) is 5.09. The number of amides is 1. The van der Waals surface area contributed by atoms with Crippen LogP contribution in [0.2, 0.25) is 0 Å². The Balaban J connectivity index is 1.69. The number of ether oxygens (including phenoxy) is 1. The van der Waals surface area contributed by atoms with Gasteiger partial charge in [-0.05, 0) is 56.5 Å². The zero-order chi connectivity index (χ0) is 22.8. The lowest BCUT2D eigenvalue weighted by Gasteiger charge is -2.12. The number of nitrogens with zero attached hydrogens (tertiary/aromatic N) is 2. The van der Waals surface area contributed by atoms with E-state index in [4.69, 9.17) is 4.74 Å². The van der Waals surface area contributed by atoms with Crippen molar-refractivity contribution in [3.63, 3.8) is 0 Å². The van der Waals surface area contributed by atoms with E-state index >= 15 is 0 Å². The summed E-state index contributed by atoms with van der Waals surface area (Å²) in [6.45, 7) is 8.36. The second-order valence-electron chi connectivity index (χ2n) is 7.67. The average Bonchev–Trinajstić information content (AvgIpc) is 3.10. The first-order valence-electron chi connectivity index (χ1n) is 10.5. The number of thiophene rings is 1. The highest BCUT2D eigenvalue weighted by Gasteiger charge is 2.18. The van der Waals surface area contributed by atoms with Crippen molar-refractivity contribution in [3.8, 4) is 16.9 Å². The van der Waals surface area contributed by atoms with Crippen LogP contribution in [0.3, 0.4) is 0 Å². The summed E-state index contributed by atoms with van der Waals surface area (Å²) in [5.41, 5.74) is 4.60. The van der Waals surface area contributed by atoms with E-state index in [1.54, 1.807) is 12.1 Å². The maximum Gasteiger partial charge on any atom is 0.263 e. The smallest absolute Gasteiger partial charge is 0.263 e. The summed E-state index contributed by atoms with van der Waals surface area (Å²) in [5, 5.41) is 3.39. The molecule has 4 rings (SSSR count). The van der Waals surface area contributed by atoms with Gasteiger partial charge < -0.3 is 10.1 Å². The quantitative estimate of drug-likeness (QED) is 0.447. The number of fused-ring (bicyclic) bond motifs is 1. The fraction of sp³-hybridized carbons (Fsp3) is 0.240. The molecule has 0 aliphatic heterocycles. The molecular weight excluding hydrogens is 422 g/mol. The van der Waals surface area contributed by atoms with Crippen molar-refractivity contribution in [2.45, 2.75) is 34.2 Å². The molecule has 4 aromatic rings. The molecule has 1 amide bonds. The van der Waals surface area contributed by atoms with Crippen molar-refractivity contribution in [1.29, 1.82) is 0 Å². The van der Waals surface area contributed by atoms with Gasteiger partial charge in [0.25, 0.3) is 5.56 Å². The first-order valence-corrected chi connectivity index (χ1v) is 11.3. The van der Waals surface area contributed by atoms with E-state index in [0.29, 0.717) is 28.3 Å². The standard InChI is InChI=1S/C25H25N3O3S/c1-5-31-20-9-7-6-8-19(20)27-21(29)13-28-14-26-24-23(25(28)30)22(17(4)32-24)18-11-10-15(2)16(3)12-18/h6-12,14H,5,13H2,1-4H3,(H,27,29). The van der Waals surface area contributed by atoms with Crippen LogP contribution in [0.5, 0.6) is 5.75 Å². The number of nitrogens with one attached hydrogen (secondary N) is 1. The predicted molar refractivity (Wildman–Crippen MR) is 130 cm³/mol. The SMILES string of the molecule is CCOc1ccccc1NC(=O)Cn1cnc2sc(C)c(-c3ccc(C)c(C)c3)c2c1=O. The molecule has 0 atom stereocenters. The highest BCUT2D eigenvalue weighted by molar-refractivity contribution is 7.19. The number of rotatable bonds is 6. The summed E-state index contributed by atoms with van der Waals surface area (Å²) in [7, 11) is 0. The van der Waals surface area contributed by atoms with Crippen molar-refractivity contribution in [3.05, 3.63) is 75.1 Å². The lowest BCUT2D eigenvalue weighted by Crippen LogP contribution is -2.28. The molecule has 2 aromatic heterocycles. The second-order valence-corrected chi connectivity index (χ2v) is 8.87. The van der Waals surface area contributed by atoms with Gasteiger partial charge in [0.15, 0.2) is 0 Å². The maximum absolute atomic E-state index is 13.4. The summed E-state index contributed by atoms with van der Waals surface area (Å²) in [6, 6.07) is 13.4. The van der Waals surface area contributed by atoms with Crippen LogP contribution >= 0.6 is 11.3 Å². The molecular formula is C25H25N3O3S. The zero-order valence-electron chi connectivity index (χ0n) is 18.6. The second kappa shape index (κ2) is 8.96. The van der Waals surface area contributed by atoms with Crippen LogP contribution in [0.1, 0.15) is 22.9 Å². The van der Waals surface area contributed by atoms with E-state index in [-0.39, 0.29) is 18.0 Å². The molecule has 32 heavy (non-hydrogen) atoms. The fourth-order valence-corrected chi connectivity index (χ4v) is 4.69. The summed E-state index contributed by atoms with van der Waals surface area (Å²) in [4.78, 5) is 32.3. The molecule has 0 saturated carbocycles. The minimum atomic E-state index is -0.319.